The predicted octanol–water partition coefficient (Wildman–Crippen LogP) is 2.94. The van der Waals surface area contributed by atoms with Gasteiger partial charge in [0, 0.05) is 19.6 Å². The average Bonchev–Trinajstić information content (AvgIpc) is 2.44. The van der Waals surface area contributed by atoms with Crippen molar-refractivity contribution in [3.63, 3.8) is 0 Å². The lowest BCUT2D eigenvalue weighted by molar-refractivity contribution is -0.151. The van der Waals surface area contributed by atoms with Crippen LogP contribution in [0.2, 0.25) is 0 Å². The first-order valence-corrected chi connectivity index (χ1v) is 7.14. The van der Waals surface area contributed by atoms with Crippen LogP contribution < -0.4 is 0 Å². The van der Waals surface area contributed by atoms with E-state index in [1.54, 1.807) is 0 Å². The van der Waals surface area contributed by atoms with Gasteiger partial charge in [0.15, 0.2) is 0 Å². The molecule has 0 unspecified atom stereocenters. The number of rotatable bonds is 5. The monoisotopic (exact) mass is 261 g/mol. The van der Waals surface area contributed by atoms with Crippen LogP contribution in [0.1, 0.15) is 37.8 Å². The van der Waals surface area contributed by atoms with Crippen LogP contribution in [0.4, 0.5) is 0 Å². The first-order valence-electron chi connectivity index (χ1n) is 7.14. The summed E-state index contributed by atoms with van der Waals surface area (Å²) in [6.07, 6.45) is 2.41. The van der Waals surface area contributed by atoms with Crippen LogP contribution in [-0.2, 0) is 17.8 Å². The Hall–Kier alpha value is -1.35. The quantitative estimate of drug-likeness (QED) is 0.886. The summed E-state index contributed by atoms with van der Waals surface area (Å²) in [4.78, 5) is 13.9. The fourth-order valence-corrected chi connectivity index (χ4v) is 2.96. The van der Waals surface area contributed by atoms with E-state index in [0.717, 1.165) is 19.5 Å². The van der Waals surface area contributed by atoms with Gasteiger partial charge in [0.1, 0.15) is 0 Å². The molecule has 1 aliphatic rings. The van der Waals surface area contributed by atoms with Crippen molar-refractivity contribution < 1.29 is 9.90 Å². The molecule has 1 heterocycles. The number of hydrogen-bond acceptors (Lipinski definition) is 2. The summed E-state index contributed by atoms with van der Waals surface area (Å²) in [5.74, 6) is -0.656. The lowest BCUT2D eigenvalue weighted by atomic mass is 9.81. The van der Waals surface area contributed by atoms with Crippen LogP contribution in [0.5, 0.6) is 0 Å². The highest BCUT2D eigenvalue weighted by atomic mass is 16.4. The minimum absolute atomic E-state index is 0.591. The molecule has 0 spiro atoms. The average molecular weight is 261 g/mol. The summed E-state index contributed by atoms with van der Waals surface area (Å²) >= 11 is 0. The molecule has 0 radical (unpaired) electrons. The molecule has 19 heavy (non-hydrogen) atoms. The van der Waals surface area contributed by atoms with Gasteiger partial charge in [-0.3, -0.25) is 9.69 Å². The summed E-state index contributed by atoms with van der Waals surface area (Å²) in [5.41, 5.74) is 2.17. The number of carboxylic acid groups (broad SMARTS) is 1. The van der Waals surface area contributed by atoms with E-state index in [0.29, 0.717) is 19.4 Å². The fraction of sp³-hybridized carbons (Fsp3) is 0.562. The Kier molecular flexibility index (Phi) is 4.25. The Morgan fingerprint density at radius 2 is 1.89 bits per heavy atom. The second-order valence-electron chi connectivity index (χ2n) is 5.52. The standard InChI is InChI=1S/C16H23NO2/c1-3-16(4-2,15(18)19)12-17-10-9-13-7-5-6-8-14(13)11-17/h5-8H,3-4,9-12H2,1-2H3,(H,18,19). The second-order valence-corrected chi connectivity index (χ2v) is 5.52. The molecule has 3 nitrogen and oxygen atoms in total. The van der Waals surface area contributed by atoms with Gasteiger partial charge in [-0.15, -0.1) is 0 Å². The van der Waals surface area contributed by atoms with Gasteiger partial charge in [0.25, 0.3) is 0 Å². The molecule has 104 valence electrons. The molecule has 0 aromatic heterocycles. The highest BCUT2D eigenvalue weighted by Crippen LogP contribution is 2.30. The van der Waals surface area contributed by atoms with Crippen LogP contribution in [0.25, 0.3) is 0 Å². The summed E-state index contributed by atoms with van der Waals surface area (Å²) in [5, 5.41) is 9.52. The normalized spacial score (nSPS) is 16.1. The number of hydrogen-bond donors (Lipinski definition) is 1. The van der Waals surface area contributed by atoms with E-state index in [2.05, 4.69) is 29.2 Å². The minimum atomic E-state index is -0.656. The molecule has 0 saturated carbocycles. The third kappa shape index (κ3) is 2.81. The van der Waals surface area contributed by atoms with Gasteiger partial charge in [-0.1, -0.05) is 38.1 Å². The van der Waals surface area contributed by atoms with E-state index in [9.17, 15) is 9.90 Å². The zero-order chi connectivity index (χ0) is 13.9. The van der Waals surface area contributed by atoms with Gasteiger partial charge < -0.3 is 5.11 Å². The van der Waals surface area contributed by atoms with Crippen LogP contribution in [0.15, 0.2) is 24.3 Å². The van der Waals surface area contributed by atoms with Gasteiger partial charge >= 0.3 is 5.97 Å². The van der Waals surface area contributed by atoms with E-state index >= 15 is 0 Å². The van der Waals surface area contributed by atoms with E-state index in [1.165, 1.54) is 11.1 Å². The molecule has 0 bridgehead atoms. The number of fused-ring (bicyclic) bond motifs is 1. The minimum Gasteiger partial charge on any atom is -0.481 e. The van der Waals surface area contributed by atoms with Crippen LogP contribution in [0, 0.1) is 5.41 Å². The van der Waals surface area contributed by atoms with Gasteiger partial charge in [0.05, 0.1) is 5.41 Å². The molecule has 2 rings (SSSR count). The molecule has 1 aromatic rings. The maximum atomic E-state index is 11.6. The number of benzene rings is 1. The first-order chi connectivity index (χ1) is 9.11. The van der Waals surface area contributed by atoms with Crippen molar-refractivity contribution in [2.24, 2.45) is 5.41 Å². The van der Waals surface area contributed by atoms with Gasteiger partial charge in [0.2, 0.25) is 0 Å². The van der Waals surface area contributed by atoms with E-state index in [-0.39, 0.29) is 0 Å². The third-order valence-electron chi connectivity index (χ3n) is 4.54. The largest absolute Gasteiger partial charge is 0.481 e. The fourth-order valence-electron chi connectivity index (χ4n) is 2.96. The van der Waals surface area contributed by atoms with Crippen LogP contribution in [0.3, 0.4) is 0 Å². The molecule has 0 saturated heterocycles. The van der Waals surface area contributed by atoms with Gasteiger partial charge in [-0.05, 0) is 30.4 Å². The zero-order valence-electron chi connectivity index (χ0n) is 11.9. The number of nitrogens with zero attached hydrogens (tertiary/aromatic N) is 1. The summed E-state index contributed by atoms with van der Waals surface area (Å²) < 4.78 is 0. The molecular formula is C16H23NO2. The van der Waals surface area contributed by atoms with E-state index in [4.69, 9.17) is 0 Å². The Balaban J connectivity index is 2.11. The van der Waals surface area contributed by atoms with E-state index < -0.39 is 11.4 Å². The Labute approximate surface area is 115 Å². The van der Waals surface area contributed by atoms with Crippen molar-refractivity contribution in [2.75, 3.05) is 13.1 Å². The predicted molar refractivity (Wildman–Crippen MR) is 76.1 cm³/mol. The lowest BCUT2D eigenvalue weighted by Crippen LogP contribution is -2.44. The van der Waals surface area contributed by atoms with Gasteiger partial charge in [-0.25, -0.2) is 0 Å². The Bertz CT molecular complexity index is 452. The first kappa shape index (κ1) is 14.1. The SMILES string of the molecule is CCC(CC)(CN1CCc2ccccc2C1)C(=O)O. The molecule has 0 amide bonds. The highest BCUT2D eigenvalue weighted by Gasteiger charge is 2.37. The Morgan fingerprint density at radius 3 is 2.47 bits per heavy atom. The lowest BCUT2D eigenvalue weighted by Gasteiger charge is -2.36. The van der Waals surface area contributed by atoms with Crippen molar-refractivity contribution in [2.45, 2.75) is 39.7 Å². The molecular weight excluding hydrogens is 238 g/mol. The second kappa shape index (κ2) is 5.74. The molecule has 1 N–H and O–H groups in total. The maximum absolute atomic E-state index is 11.6. The zero-order valence-corrected chi connectivity index (χ0v) is 11.9. The van der Waals surface area contributed by atoms with Gasteiger partial charge in [-0.2, -0.15) is 0 Å². The van der Waals surface area contributed by atoms with E-state index in [1.807, 2.05) is 13.8 Å². The third-order valence-corrected chi connectivity index (χ3v) is 4.54. The van der Waals surface area contributed by atoms with Crippen molar-refractivity contribution in [3.05, 3.63) is 35.4 Å². The molecule has 1 aromatic carbocycles. The van der Waals surface area contributed by atoms with Crippen molar-refractivity contribution in [1.29, 1.82) is 0 Å². The number of carbonyl (C=O) groups is 1. The number of carboxylic acids is 1. The summed E-state index contributed by atoms with van der Waals surface area (Å²) in [6, 6.07) is 8.47. The van der Waals surface area contributed by atoms with Crippen molar-refractivity contribution >= 4 is 5.97 Å². The summed E-state index contributed by atoms with van der Waals surface area (Å²) in [6.45, 7) is 6.46. The molecule has 1 aliphatic heterocycles. The molecule has 0 atom stereocenters. The van der Waals surface area contributed by atoms with Crippen molar-refractivity contribution in [3.8, 4) is 0 Å². The van der Waals surface area contributed by atoms with Crippen LogP contribution >= 0.6 is 0 Å². The topological polar surface area (TPSA) is 40.5 Å². The Morgan fingerprint density at radius 1 is 1.26 bits per heavy atom. The molecule has 0 aliphatic carbocycles. The van der Waals surface area contributed by atoms with Crippen LogP contribution in [-0.4, -0.2) is 29.1 Å². The number of aliphatic carboxylic acids is 1. The molecule has 0 fully saturated rings. The maximum Gasteiger partial charge on any atom is 0.310 e. The summed E-state index contributed by atoms with van der Waals surface area (Å²) in [7, 11) is 0. The highest BCUT2D eigenvalue weighted by molar-refractivity contribution is 5.74. The van der Waals surface area contributed by atoms with Crippen molar-refractivity contribution in [1.82, 2.24) is 4.90 Å². The smallest absolute Gasteiger partial charge is 0.310 e. The molecule has 3 heteroatoms.